The van der Waals surface area contributed by atoms with Crippen LogP contribution >= 0.6 is 11.6 Å². The maximum atomic E-state index is 12.2. The molecular formula is C16H18ClN5O. The molecule has 120 valence electrons. The Morgan fingerprint density at radius 1 is 1.17 bits per heavy atom. The molecule has 2 aliphatic rings. The van der Waals surface area contributed by atoms with Crippen LogP contribution in [0.2, 0.25) is 5.02 Å². The lowest BCUT2D eigenvalue weighted by Gasteiger charge is -2.39. The van der Waals surface area contributed by atoms with E-state index >= 15 is 0 Å². The van der Waals surface area contributed by atoms with Crippen molar-refractivity contribution in [3.63, 3.8) is 0 Å². The average Bonchev–Trinajstić information content (AvgIpc) is 2.52. The van der Waals surface area contributed by atoms with Crippen molar-refractivity contribution < 1.29 is 0 Å². The third-order valence-corrected chi connectivity index (χ3v) is 4.75. The van der Waals surface area contributed by atoms with Gasteiger partial charge in [-0.2, -0.15) is 5.10 Å². The fraction of sp³-hybridized carbons (Fsp3) is 0.500. The Labute approximate surface area is 139 Å². The normalized spacial score (nSPS) is 17.7. The number of rotatable bonds is 3. The number of fused-ring (bicyclic) bond motifs is 1. The summed E-state index contributed by atoms with van der Waals surface area (Å²) in [4.78, 5) is 22.7. The lowest BCUT2D eigenvalue weighted by atomic mass is 9.97. The molecule has 0 spiro atoms. The molecule has 7 heteroatoms. The fourth-order valence-electron chi connectivity index (χ4n) is 3.29. The monoisotopic (exact) mass is 331 g/mol. The molecule has 0 aromatic carbocycles. The van der Waals surface area contributed by atoms with Crippen LogP contribution in [-0.2, 0) is 19.4 Å². The first-order valence-corrected chi connectivity index (χ1v) is 8.39. The highest BCUT2D eigenvalue weighted by Gasteiger charge is 2.29. The SMILES string of the molecule is O=c1cc2c(nn1CC1CN(c3ncc(Cl)cn3)C1)CCCC2. The number of nitrogens with zero attached hydrogens (tertiary/aromatic N) is 5. The molecule has 4 rings (SSSR count). The predicted molar refractivity (Wildman–Crippen MR) is 87.9 cm³/mol. The van der Waals surface area contributed by atoms with Gasteiger partial charge in [-0.15, -0.1) is 0 Å². The first kappa shape index (κ1) is 14.6. The molecule has 0 unspecified atom stereocenters. The number of hydrogen-bond acceptors (Lipinski definition) is 5. The van der Waals surface area contributed by atoms with Gasteiger partial charge in [0.05, 0.1) is 29.7 Å². The van der Waals surface area contributed by atoms with E-state index in [1.54, 1.807) is 23.1 Å². The zero-order valence-corrected chi connectivity index (χ0v) is 13.5. The molecule has 1 saturated heterocycles. The molecule has 23 heavy (non-hydrogen) atoms. The van der Waals surface area contributed by atoms with Crippen molar-refractivity contribution in [1.82, 2.24) is 19.7 Å². The lowest BCUT2D eigenvalue weighted by molar-refractivity contribution is 0.328. The van der Waals surface area contributed by atoms with Crippen molar-refractivity contribution in [2.75, 3.05) is 18.0 Å². The number of hydrogen-bond donors (Lipinski definition) is 0. The third-order valence-electron chi connectivity index (χ3n) is 4.55. The second-order valence-electron chi connectivity index (χ2n) is 6.32. The summed E-state index contributed by atoms with van der Waals surface area (Å²) >= 11 is 5.80. The first-order valence-electron chi connectivity index (χ1n) is 8.01. The van der Waals surface area contributed by atoms with E-state index in [1.807, 2.05) is 0 Å². The van der Waals surface area contributed by atoms with Gasteiger partial charge in [0.25, 0.3) is 5.56 Å². The maximum absolute atomic E-state index is 12.2. The molecule has 0 radical (unpaired) electrons. The Hall–Kier alpha value is -1.95. The third kappa shape index (κ3) is 2.95. The summed E-state index contributed by atoms with van der Waals surface area (Å²) in [5, 5.41) is 5.12. The highest BCUT2D eigenvalue weighted by Crippen LogP contribution is 2.23. The van der Waals surface area contributed by atoms with Gasteiger partial charge in [-0.05, 0) is 31.2 Å². The van der Waals surface area contributed by atoms with Crippen molar-refractivity contribution in [1.29, 1.82) is 0 Å². The van der Waals surface area contributed by atoms with E-state index in [-0.39, 0.29) is 5.56 Å². The Balaban J connectivity index is 1.42. The quantitative estimate of drug-likeness (QED) is 0.856. The molecule has 1 aliphatic heterocycles. The summed E-state index contributed by atoms with van der Waals surface area (Å²) in [5.74, 6) is 1.09. The van der Waals surface area contributed by atoms with E-state index in [4.69, 9.17) is 11.6 Å². The number of aromatic nitrogens is 4. The minimum atomic E-state index is 0.0202. The molecule has 0 amide bonds. The molecule has 0 saturated carbocycles. The minimum Gasteiger partial charge on any atom is -0.340 e. The van der Waals surface area contributed by atoms with Crippen molar-refractivity contribution in [3.8, 4) is 0 Å². The predicted octanol–water partition coefficient (Wildman–Crippen LogP) is 1.70. The van der Waals surface area contributed by atoms with Gasteiger partial charge in [0, 0.05) is 25.1 Å². The summed E-state index contributed by atoms with van der Waals surface area (Å²) in [7, 11) is 0. The van der Waals surface area contributed by atoms with E-state index in [0.717, 1.165) is 43.6 Å². The van der Waals surface area contributed by atoms with Crippen LogP contribution in [0.25, 0.3) is 0 Å². The topological polar surface area (TPSA) is 63.9 Å². The molecular weight excluding hydrogens is 314 g/mol. The minimum absolute atomic E-state index is 0.0202. The standard InChI is InChI=1S/C16H18ClN5O/c17-13-6-18-16(19-7-13)21-8-11(9-21)10-22-15(23)5-12-3-1-2-4-14(12)20-22/h5-7,11H,1-4,8-10H2. The Morgan fingerprint density at radius 2 is 1.91 bits per heavy atom. The molecule has 2 aromatic heterocycles. The van der Waals surface area contributed by atoms with Crippen molar-refractivity contribution in [2.24, 2.45) is 5.92 Å². The Bertz CT molecular complexity index is 767. The van der Waals surface area contributed by atoms with Gasteiger partial charge in [0.15, 0.2) is 0 Å². The van der Waals surface area contributed by atoms with Gasteiger partial charge in [0.1, 0.15) is 0 Å². The second-order valence-corrected chi connectivity index (χ2v) is 6.75. The number of halogens is 1. The summed E-state index contributed by atoms with van der Waals surface area (Å²) in [6.07, 6.45) is 7.52. The van der Waals surface area contributed by atoms with Crippen LogP contribution in [0, 0.1) is 5.92 Å². The van der Waals surface area contributed by atoms with Crippen LogP contribution in [0.5, 0.6) is 0 Å². The molecule has 1 aliphatic carbocycles. The molecule has 2 aromatic rings. The van der Waals surface area contributed by atoms with Gasteiger partial charge < -0.3 is 4.90 Å². The first-order chi connectivity index (χ1) is 11.2. The Kier molecular flexibility index (Phi) is 3.77. The van der Waals surface area contributed by atoms with Crippen LogP contribution in [0.1, 0.15) is 24.1 Å². The summed E-state index contributed by atoms with van der Waals surface area (Å²) in [6.45, 7) is 2.34. The highest BCUT2D eigenvalue weighted by atomic mass is 35.5. The van der Waals surface area contributed by atoms with Gasteiger partial charge >= 0.3 is 0 Å². The van der Waals surface area contributed by atoms with Crippen LogP contribution < -0.4 is 10.5 Å². The van der Waals surface area contributed by atoms with Crippen molar-refractivity contribution in [2.45, 2.75) is 32.2 Å². The highest BCUT2D eigenvalue weighted by molar-refractivity contribution is 6.30. The average molecular weight is 332 g/mol. The summed E-state index contributed by atoms with van der Waals surface area (Å²) < 4.78 is 1.63. The zero-order chi connectivity index (χ0) is 15.8. The molecule has 0 bridgehead atoms. The van der Waals surface area contributed by atoms with E-state index in [2.05, 4.69) is 20.0 Å². The number of aryl methyl sites for hydroxylation is 2. The second kappa shape index (κ2) is 5.92. The van der Waals surface area contributed by atoms with Gasteiger partial charge in [-0.1, -0.05) is 11.6 Å². The summed E-state index contributed by atoms with van der Waals surface area (Å²) in [6, 6.07) is 1.78. The molecule has 0 N–H and O–H groups in total. The smallest absolute Gasteiger partial charge is 0.267 e. The van der Waals surface area contributed by atoms with E-state index in [0.29, 0.717) is 23.4 Å². The van der Waals surface area contributed by atoms with Crippen LogP contribution in [0.4, 0.5) is 5.95 Å². The molecule has 3 heterocycles. The largest absolute Gasteiger partial charge is 0.340 e. The maximum Gasteiger partial charge on any atom is 0.267 e. The van der Waals surface area contributed by atoms with Gasteiger partial charge in [-0.3, -0.25) is 4.79 Å². The van der Waals surface area contributed by atoms with Crippen LogP contribution in [0.15, 0.2) is 23.3 Å². The van der Waals surface area contributed by atoms with Crippen LogP contribution in [-0.4, -0.2) is 32.8 Å². The summed E-state index contributed by atoms with van der Waals surface area (Å²) in [5.41, 5.74) is 2.27. The number of anilines is 1. The van der Waals surface area contributed by atoms with E-state index < -0.39 is 0 Å². The molecule has 0 atom stereocenters. The molecule has 1 fully saturated rings. The van der Waals surface area contributed by atoms with E-state index in [9.17, 15) is 4.79 Å². The van der Waals surface area contributed by atoms with Gasteiger partial charge in [0.2, 0.25) is 5.95 Å². The zero-order valence-electron chi connectivity index (χ0n) is 12.8. The Morgan fingerprint density at radius 3 is 2.70 bits per heavy atom. The van der Waals surface area contributed by atoms with Gasteiger partial charge in [-0.25, -0.2) is 14.6 Å². The molecule has 6 nitrogen and oxygen atoms in total. The fourth-order valence-corrected chi connectivity index (χ4v) is 3.39. The van der Waals surface area contributed by atoms with E-state index in [1.165, 1.54) is 6.42 Å². The lowest BCUT2D eigenvalue weighted by Crippen LogP contribution is -2.50. The van der Waals surface area contributed by atoms with Crippen molar-refractivity contribution >= 4 is 17.5 Å². The van der Waals surface area contributed by atoms with Crippen LogP contribution in [0.3, 0.4) is 0 Å². The van der Waals surface area contributed by atoms with Crippen molar-refractivity contribution in [3.05, 3.63) is 45.1 Å².